The van der Waals surface area contributed by atoms with Crippen LogP contribution in [0.25, 0.3) is 44.5 Å². The lowest BCUT2D eigenvalue weighted by Gasteiger charge is -2.34. The van der Waals surface area contributed by atoms with Crippen LogP contribution in [0.15, 0.2) is 152 Å². The predicted molar refractivity (Wildman–Crippen MR) is 188 cm³/mol. The maximum atomic E-state index is 6.93. The van der Waals surface area contributed by atoms with Crippen molar-refractivity contribution in [2.24, 2.45) is 0 Å². The molecule has 0 radical (unpaired) electrons. The molecule has 0 bridgehead atoms. The number of benzene rings is 6. The van der Waals surface area contributed by atoms with Gasteiger partial charge in [-0.15, -0.1) is 0 Å². The first-order chi connectivity index (χ1) is 22.7. The van der Waals surface area contributed by atoms with E-state index < -0.39 is 0 Å². The second-order valence-corrected chi connectivity index (χ2v) is 12.0. The van der Waals surface area contributed by atoms with Crippen molar-refractivity contribution in [3.05, 3.63) is 157 Å². The van der Waals surface area contributed by atoms with Crippen LogP contribution < -0.4 is 25.9 Å². The summed E-state index contributed by atoms with van der Waals surface area (Å²) in [6.45, 7) is 2.07. The zero-order valence-corrected chi connectivity index (χ0v) is 25.3. The summed E-state index contributed by atoms with van der Waals surface area (Å²) in [4.78, 5) is 4.26. The number of rotatable bonds is 4. The monoisotopic (exact) mass is 589 g/mol. The molecule has 3 nitrogen and oxygen atoms in total. The number of nitrogens with zero attached hydrogens (tertiary/aromatic N) is 1. The summed E-state index contributed by atoms with van der Waals surface area (Å²) in [5.41, 5.74) is 13.6. The number of ether oxygens (including phenoxy) is 2. The van der Waals surface area contributed by atoms with E-state index in [0.29, 0.717) is 0 Å². The molecule has 0 fully saturated rings. The van der Waals surface area contributed by atoms with Gasteiger partial charge in [0.1, 0.15) is 23.0 Å². The van der Waals surface area contributed by atoms with E-state index in [1.165, 1.54) is 16.7 Å². The Kier molecular flexibility index (Phi) is 6.14. The summed E-state index contributed by atoms with van der Waals surface area (Å²) < 4.78 is 13.6. The third kappa shape index (κ3) is 4.34. The van der Waals surface area contributed by atoms with E-state index >= 15 is 0 Å². The highest BCUT2D eigenvalue weighted by molar-refractivity contribution is 6.98. The zero-order chi connectivity index (χ0) is 30.6. The van der Waals surface area contributed by atoms with Gasteiger partial charge < -0.3 is 9.47 Å². The number of aromatic nitrogens is 1. The predicted octanol–water partition coefficient (Wildman–Crippen LogP) is 8.79. The first kappa shape index (κ1) is 26.5. The van der Waals surface area contributed by atoms with Gasteiger partial charge in [-0.3, -0.25) is 4.98 Å². The fourth-order valence-corrected chi connectivity index (χ4v) is 6.96. The Balaban J connectivity index is 1.21. The maximum Gasteiger partial charge on any atom is 0.260 e. The average molecular weight is 590 g/mol. The Morgan fingerprint density at radius 1 is 0.478 bits per heavy atom. The Bertz CT molecular complexity index is 2250. The van der Waals surface area contributed by atoms with Crippen molar-refractivity contribution >= 4 is 23.1 Å². The van der Waals surface area contributed by atoms with Gasteiger partial charge in [0, 0.05) is 23.4 Å². The lowest BCUT2D eigenvalue weighted by molar-refractivity contribution is 0.466. The minimum absolute atomic E-state index is 0.0224. The molecule has 6 aromatic carbocycles. The smallest absolute Gasteiger partial charge is 0.260 e. The lowest BCUT2D eigenvalue weighted by Crippen LogP contribution is -2.57. The van der Waals surface area contributed by atoms with Crippen LogP contribution in [0.5, 0.6) is 23.0 Å². The summed E-state index contributed by atoms with van der Waals surface area (Å²) in [6.07, 6.45) is 3.76. The van der Waals surface area contributed by atoms with Crippen molar-refractivity contribution in [2.45, 2.75) is 6.92 Å². The molecule has 9 rings (SSSR count). The molecule has 3 heterocycles. The first-order valence-corrected chi connectivity index (χ1v) is 15.6. The Morgan fingerprint density at radius 2 is 1.04 bits per heavy atom. The van der Waals surface area contributed by atoms with Gasteiger partial charge in [0.25, 0.3) is 6.71 Å². The van der Waals surface area contributed by atoms with Gasteiger partial charge in [0.05, 0.1) is 0 Å². The Labute approximate surface area is 268 Å². The highest BCUT2D eigenvalue weighted by Gasteiger charge is 2.41. The van der Waals surface area contributed by atoms with Crippen LogP contribution in [-0.4, -0.2) is 11.7 Å². The molecule has 4 heteroatoms. The van der Waals surface area contributed by atoms with E-state index in [2.05, 4.69) is 139 Å². The number of hydrogen-bond acceptors (Lipinski definition) is 3. The third-order valence-electron chi connectivity index (χ3n) is 9.27. The van der Waals surface area contributed by atoms with Gasteiger partial charge >= 0.3 is 0 Å². The molecule has 0 atom stereocenters. The molecule has 0 N–H and O–H groups in total. The topological polar surface area (TPSA) is 31.4 Å². The summed E-state index contributed by atoms with van der Waals surface area (Å²) in [5.74, 6) is 3.45. The van der Waals surface area contributed by atoms with E-state index in [9.17, 15) is 0 Å². The normalized spacial score (nSPS) is 12.3. The third-order valence-corrected chi connectivity index (χ3v) is 9.27. The number of pyridine rings is 1. The molecule has 2 aliphatic rings. The largest absolute Gasteiger partial charge is 0.458 e. The summed E-state index contributed by atoms with van der Waals surface area (Å²) in [6, 6.07) is 49.2. The van der Waals surface area contributed by atoms with Crippen LogP contribution in [0, 0.1) is 6.92 Å². The molecule has 0 saturated carbocycles. The van der Waals surface area contributed by atoms with Crippen LogP contribution in [0.3, 0.4) is 0 Å². The molecule has 0 unspecified atom stereocenters. The Morgan fingerprint density at radius 3 is 1.65 bits per heavy atom. The fraction of sp³-hybridized carbons (Fsp3) is 0.0238. The average Bonchev–Trinajstić information content (AvgIpc) is 3.12. The zero-order valence-electron chi connectivity index (χ0n) is 25.3. The molecule has 0 saturated heterocycles. The molecule has 0 spiro atoms. The molecule has 2 aliphatic heterocycles. The van der Waals surface area contributed by atoms with Crippen LogP contribution in [0.4, 0.5) is 0 Å². The molecule has 0 aliphatic carbocycles. The quantitative estimate of drug-likeness (QED) is 0.192. The highest BCUT2D eigenvalue weighted by atomic mass is 16.5. The fourth-order valence-electron chi connectivity index (χ4n) is 6.96. The van der Waals surface area contributed by atoms with E-state index in [4.69, 9.17) is 9.47 Å². The molecule has 1 aromatic heterocycles. The van der Waals surface area contributed by atoms with Crippen molar-refractivity contribution in [2.75, 3.05) is 0 Å². The van der Waals surface area contributed by atoms with E-state index in [1.807, 2.05) is 24.5 Å². The highest BCUT2D eigenvalue weighted by Crippen LogP contribution is 2.42. The van der Waals surface area contributed by atoms with E-state index in [0.717, 1.165) is 72.8 Å². The van der Waals surface area contributed by atoms with Gasteiger partial charge in [0.15, 0.2) is 0 Å². The van der Waals surface area contributed by atoms with Crippen molar-refractivity contribution in [3.8, 4) is 67.5 Å². The van der Waals surface area contributed by atoms with Crippen LogP contribution >= 0.6 is 0 Å². The number of aryl methyl sites for hydroxylation is 1. The standard InChI is InChI=1S/C42H28BNO2/c1-27-26-44-23-22-34(27)30-12-14-31(15-13-30)35-18-21-38-41-42(35)46-40-25-33(29-10-6-3-7-11-29)17-20-37(40)43(41)36-19-16-32(24-39(36)45-38)28-8-4-2-5-9-28/h2-26H,1H3. The Hall–Kier alpha value is -5.87. The van der Waals surface area contributed by atoms with E-state index in [1.54, 1.807) is 0 Å². The maximum absolute atomic E-state index is 6.93. The van der Waals surface area contributed by atoms with E-state index in [-0.39, 0.29) is 6.71 Å². The molecular weight excluding hydrogens is 561 g/mol. The summed E-state index contributed by atoms with van der Waals surface area (Å²) in [7, 11) is 0. The minimum Gasteiger partial charge on any atom is -0.458 e. The van der Waals surface area contributed by atoms with Gasteiger partial charge in [0.2, 0.25) is 0 Å². The summed E-state index contributed by atoms with van der Waals surface area (Å²) >= 11 is 0. The number of fused-ring (bicyclic) bond motifs is 4. The molecule has 46 heavy (non-hydrogen) atoms. The molecule has 7 aromatic rings. The molecule has 0 amide bonds. The lowest BCUT2D eigenvalue weighted by atomic mass is 9.34. The van der Waals surface area contributed by atoms with Gasteiger partial charge in [-0.05, 0) is 92.7 Å². The van der Waals surface area contributed by atoms with Crippen molar-refractivity contribution in [1.82, 2.24) is 4.98 Å². The van der Waals surface area contributed by atoms with Crippen LogP contribution in [-0.2, 0) is 0 Å². The SMILES string of the molecule is Cc1cnccc1-c1ccc(-c2ccc3c4c2Oc2cc(-c5ccccc5)ccc2B4c2ccc(-c4ccccc4)cc2O3)cc1. The second kappa shape index (κ2) is 10.6. The summed E-state index contributed by atoms with van der Waals surface area (Å²) in [5, 5.41) is 0. The molecule has 216 valence electrons. The first-order valence-electron chi connectivity index (χ1n) is 15.6. The van der Waals surface area contributed by atoms with Crippen molar-refractivity contribution < 1.29 is 9.47 Å². The minimum atomic E-state index is -0.0224. The van der Waals surface area contributed by atoms with Crippen LogP contribution in [0.2, 0.25) is 0 Å². The second-order valence-electron chi connectivity index (χ2n) is 12.0. The van der Waals surface area contributed by atoms with Crippen molar-refractivity contribution in [1.29, 1.82) is 0 Å². The van der Waals surface area contributed by atoms with Gasteiger partial charge in [-0.1, -0.05) is 109 Å². The van der Waals surface area contributed by atoms with Crippen molar-refractivity contribution in [3.63, 3.8) is 0 Å². The molecular formula is C42H28BNO2. The van der Waals surface area contributed by atoms with Gasteiger partial charge in [-0.25, -0.2) is 0 Å². The van der Waals surface area contributed by atoms with Gasteiger partial charge in [-0.2, -0.15) is 0 Å². The van der Waals surface area contributed by atoms with Crippen LogP contribution in [0.1, 0.15) is 5.56 Å². The number of hydrogen-bond donors (Lipinski definition) is 0.